The summed E-state index contributed by atoms with van der Waals surface area (Å²) < 4.78 is 12.0. The topological polar surface area (TPSA) is 67.9 Å². The van der Waals surface area contributed by atoms with Crippen LogP contribution in [0, 0.1) is 0 Å². The third-order valence-electron chi connectivity index (χ3n) is 4.36. The lowest BCUT2D eigenvalue weighted by Gasteiger charge is -2.33. The van der Waals surface area contributed by atoms with Crippen molar-refractivity contribution in [2.45, 2.75) is 26.0 Å². The molecule has 1 N–H and O–H groups in total. The molecule has 142 valence electrons. The fraction of sp³-hybridized carbons (Fsp3) is 0.300. The summed E-state index contributed by atoms with van der Waals surface area (Å²) in [6.07, 6.45) is -0.0292. The van der Waals surface area contributed by atoms with Crippen LogP contribution in [0.15, 0.2) is 46.9 Å². The van der Waals surface area contributed by atoms with Gasteiger partial charge in [0.15, 0.2) is 6.10 Å². The summed E-state index contributed by atoms with van der Waals surface area (Å²) in [5.41, 5.74) is 1.46. The fourth-order valence-corrected chi connectivity index (χ4v) is 3.38. The van der Waals surface area contributed by atoms with Crippen molar-refractivity contribution in [3.05, 3.63) is 52.5 Å². The van der Waals surface area contributed by atoms with Crippen LogP contribution >= 0.6 is 15.9 Å². The maximum absolute atomic E-state index is 12.7. The van der Waals surface area contributed by atoms with Crippen molar-refractivity contribution in [2.75, 3.05) is 18.6 Å². The van der Waals surface area contributed by atoms with Crippen molar-refractivity contribution in [1.82, 2.24) is 5.32 Å². The molecule has 1 unspecified atom stereocenters. The number of halogens is 1. The monoisotopic (exact) mass is 432 g/mol. The molecule has 0 aliphatic carbocycles. The van der Waals surface area contributed by atoms with Gasteiger partial charge in [-0.1, -0.05) is 35.0 Å². The number of benzene rings is 2. The molecule has 1 aliphatic rings. The van der Waals surface area contributed by atoms with Gasteiger partial charge in [-0.15, -0.1) is 0 Å². The molecule has 0 bridgehead atoms. The first-order valence-electron chi connectivity index (χ1n) is 8.69. The number of rotatable bonds is 6. The molecule has 1 aliphatic heterocycles. The van der Waals surface area contributed by atoms with Gasteiger partial charge in [-0.2, -0.15) is 0 Å². The number of fused-ring (bicyclic) bond motifs is 1. The van der Waals surface area contributed by atoms with E-state index in [0.717, 1.165) is 10.0 Å². The van der Waals surface area contributed by atoms with E-state index in [1.54, 1.807) is 13.2 Å². The van der Waals surface area contributed by atoms with Crippen LogP contribution in [0.3, 0.4) is 0 Å². The van der Waals surface area contributed by atoms with Gasteiger partial charge in [-0.25, -0.2) is 0 Å². The summed E-state index contributed by atoms with van der Waals surface area (Å²) in [6.45, 7) is 2.12. The summed E-state index contributed by atoms with van der Waals surface area (Å²) in [7, 11) is 1.59. The number of nitrogens with one attached hydrogen (secondary N) is 1. The number of carbonyl (C=O) groups is 2. The number of para-hydroxylation sites is 2. The first kappa shape index (κ1) is 19.2. The van der Waals surface area contributed by atoms with E-state index < -0.39 is 6.10 Å². The van der Waals surface area contributed by atoms with Gasteiger partial charge in [0.05, 0.1) is 12.8 Å². The number of methoxy groups -OCH3 is 1. The Labute approximate surface area is 166 Å². The lowest BCUT2D eigenvalue weighted by atomic mass is 10.1. The van der Waals surface area contributed by atoms with E-state index >= 15 is 0 Å². The molecule has 2 amide bonds. The molecule has 27 heavy (non-hydrogen) atoms. The number of amides is 2. The zero-order valence-electron chi connectivity index (χ0n) is 15.2. The molecule has 1 heterocycles. The second-order valence-corrected chi connectivity index (χ2v) is 7.06. The molecule has 3 rings (SSSR count). The first-order valence-corrected chi connectivity index (χ1v) is 9.49. The maximum Gasteiger partial charge on any atom is 0.268 e. The highest BCUT2D eigenvalue weighted by Crippen LogP contribution is 2.34. The van der Waals surface area contributed by atoms with E-state index in [9.17, 15) is 9.59 Å². The van der Waals surface area contributed by atoms with Crippen molar-refractivity contribution >= 4 is 33.4 Å². The molecule has 2 aromatic rings. The summed E-state index contributed by atoms with van der Waals surface area (Å²) in [6, 6.07) is 12.8. The summed E-state index contributed by atoms with van der Waals surface area (Å²) in [5, 5.41) is 2.86. The normalized spacial score (nSPS) is 15.7. The van der Waals surface area contributed by atoms with Crippen LogP contribution < -0.4 is 19.7 Å². The van der Waals surface area contributed by atoms with Crippen molar-refractivity contribution in [2.24, 2.45) is 0 Å². The average molecular weight is 433 g/mol. The van der Waals surface area contributed by atoms with E-state index in [2.05, 4.69) is 21.2 Å². The van der Waals surface area contributed by atoms with Gasteiger partial charge in [-0.05, 0) is 36.8 Å². The van der Waals surface area contributed by atoms with Crippen LogP contribution in [0.25, 0.3) is 0 Å². The first-order chi connectivity index (χ1) is 13.0. The third-order valence-corrected chi connectivity index (χ3v) is 4.85. The molecular weight excluding hydrogens is 412 g/mol. The Bertz CT molecular complexity index is 856. The molecule has 0 spiro atoms. The van der Waals surface area contributed by atoms with Gasteiger partial charge >= 0.3 is 0 Å². The summed E-state index contributed by atoms with van der Waals surface area (Å²) in [4.78, 5) is 26.7. The highest BCUT2D eigenvalue weighted by atomic mass is 79.9. The average Bonchev–Trinajstić information content (AvgIpc) is 2.68. The highest BCUT2D eigenvalue weighted by molar-refractivity contribution is 9.10. The third kappa shape index (κ3) is 4.24. The molecule has 0 aromatic heterocycles. The summed E-state index contributed by atoms with van der Waals surface area (Å²) >= 11 is 3.42. The van der Waals surface area contributed by atoms with E-state index in [1.807, 2.05) is 43.3 Å². The van der Waals surface area contributed by atoms with Crippen molar-refractivity contribution in [3.63, 3.8) is 0 Å². The minimum Gasteiger partial charge on any atom is -0.496 e. The van der Waals surface area contributed by atoms with Crippen LogP contribution in [0.5, 0.6) is 11.5 Å². The predicted molar refractivity (Wildman–Crippen MR) is 106 cm³/mol. The fourth-order valence-electron chi connectivity index (χ4n) is 2.98. The molecule has 0 radical (unpaired) electrons. The SMILES string of the molecule is CCC1Oc2ccccc2N(CC(=O)NCc2cc(Br)ccc2OC)C1=O. The minimum atomic E-state index is -0.571. The Balaban J connectivity index is 1.72. The number of nitrogens with zero attached hydrogens (tertiary/aromatic N) is 1. The molecule has 0 saturated heterocycles. The van der Waals surface area contributed by atoms with Gasteiger partial charge in [0.2, 0.25) is 5.91 Å². The maximum atomic E-state index is 12.7. The Hall–Kier alpha value is -2.54. The number of ether oxygens (including phenoxy) is 2. The number of hydrogen-bond acceptors (Lipinski definition) is 4. The lowest BCUT2D eigenvalue weighted by molar-refractivity contribution is -0.129. The van der Waals surface area contributed by atoms with E-state index in [-0.39, 0.29) is 18.4 Å². The molecule has 6 nitrogen and oxygen atoms in total. The molecule has 0 saturated carbocycles. The molecule has 2 aromatic carbocycles. The standard InChI is InChI=1S/C20H21BrN2O4/c1-3-16-20(25)23(15-6-4-5-7-18(15)27-16)12-19(24)22-11-13-10-14(21)8-9-17(13)26-2/h4-10,16H,3,11-12H2,1-2H3,(H,22,24). The van der Waals surface area contributed by atoms with Crippen LogP contribution in [0.2, 0.25) is 0 Å². The quantitative estimate of drug-likeness (QED) is 0.760. The second kappa shape index (κ2) is 8.43. The highest BCUT2D eigenvalue weighted by Gasteiger charge is 2.34. The van der Waals surface area contributed by atoms with Crippen molar-refractivity contribution in [1.29, 1.82) is 0 Å². The van der Waals surface area contributed by atoms with Crippen LogP contribution in [0.1, 0.15) is 18.9 Å². The Morgan fingerprint density at radius 2 is 2.07 bits per heavy atom. The van der Waals surface area contributed by atoms with Gasteiger partial charge in [0.25, 0.3) is 5.91 Å². The van der Waals surface area contributed by atoms with E-state index in [1.165, 1.54) is 4.90 Å². The molecular formula is C20H21BrN2O4. The molecule has 7 heteroatoms. The van der Waals surface area contributed by atoms with E-state index in [4.69, 9.17) is 9.47 Å². The largest absolute Gasteiger partial charge is 0.496 e. The van der Waals surface area contributed by atoms with Gasteiger partial charge < -0.3 is 14.8 Å². The molecule has 1 atom stereocenters. The predicted octanol–water partition coefficient (Wildman–Crippen LogP) is 3.28. The minimum absolute atomic E-state index is 0.0635. The number of anilines is 1. The Morgan fingerprint density at radius 1 is 1.30 bits per heavy atom. The second-order valence-electron chi connectivity index (χ2n) is 6.14. The van der Waals surface area contributed by atoms with Gasteiger partial charge in [0, 0.05) is 16.6 Å². The molecule has 0 fully saturated rings. The zero-order valence-corrected chi connectivity index (χ0v) is 16.8. The summed E-state index contributed by atoms with van der Waals surface area (Å²) in [5.74, 6) is 0.853. The van der Waals surface area contributed by atoms with E-state index in [0.29, 0.717) is 30.2 Å². The van der Waals surface area contributed by atoms with Crippen molar-refractivity contribution < 1.29 is 19.1 Å². The van der Waals surface area contributed by atoms with Crippen molar-refractivity contribution in [3.8, 4) is 11.5 Å². The zero-order chi connectivity index (χ0) is 19.4. The number of carbonyl (C=O) groups excluding carboxylic acids is 2. The smallest absolute Gasteiger partial charge is 0.268 e. The van der Waals surface area contributed by atoms with Gasteiger partial charge in [0.1, 0.15) is 18.0 Å². The van der Waals surface area contributed by atoms with Crippen LogP contribution in [-0.2, 0) is 16.1 Å². The van der Waals surface area contributed by atoms with Crippen LogP contribution in [0.4, 0.5) is 5.69 Å². The Kier molecular flexibility index (Phi) is 6.01. The lowest BCUT2D eigenvalue weighted by Crippen LogP contribution is -2.49. The number of hydrogen-bond donors (Lipinski definition) is 1. The Morgan fingerprint density at radius 3 is 2.81 bits per heavy atom. The van der Waals surface area contributed by atoms with Gasteiger partial charge in [-0.3, -0.25) is 14.5 Å². The van der Waals surface area contributed by atoms with Crippen LogP contribution in [-0.4, -0.2) is 31.6 Å².